The minimum Gasteiger partial charge on any atom is -0.469 e. The van der Waals surface area contributed by atoms with Gasteiger partial charge in [-0.2, -0.15) is 0 Å². The van der Waals surface area contributed by atoms with E-state index in [0.29, 0.717) is 18.6 Å². The van der Waals surface area contributed by atoms with Gasteiger partial charge >= 0.3 is 5.97 Å². The van der Waals surface area contributed by atoms with Gasteiger partial charge in [0.25, 0.3) is 0 Å². The summed E-state index contributed by atoms with van der Waals surface area (Å²) in [6.07, 6.45) is 17.0. The maximum Gasteiger partial charge on any atom is 0.305 e. The molecule has 0 radical (unpaired) electrons. The largest absolute Gasteiger partial charge is 0.469 e. The van der Waals surface area contributed by atoms with Crippen molar-refractivity contribution in [3.05, 3.63) is 54.6 Å². The number of hydrogen-bond acceptors (Lipinski definition) is 5. The first-order valence-corrected chi connectivity index (χ1v) is 18.6. The summed E-state index contributed by atoms with van der Waals surface area (Å²) < 4.78 is 11.8. The fraction of sp³-hybridized carbons (Fsp3) is 0.636. The molecule has 4 nitrogen and oxygen atoms in total. The van der Waals surface area contributed by atoms with E-state index in [1.165, 1.54) is 31.3 Å². The van der Waals surface area contributed by atoms with E-state index in [9.17, 15) is 9.59 Å². The Kier molecular flexibility index (Phi) is 16.1. The van der Waals surface area contributed by atoms with Crippen LogP contribution in [0.3, 0.4) is 0 Å². The first kappa shape index (κ1) is 33.6. The van der Waals surface area contributed by atoms with Gasteiger partial charge in [0.15, 0.2) is 8.32 Å². The van der Waals surface area contributed by atoms with Gasteiger partial charge in [-0.3, -0.25) is 9.59 Å². The molecule has 39 heavy (non-hydrogen) atoms. The summed E-state index contributed by atoms with van der Waals surface area (Å²) in [6.45, 7) is 9.04. The SMILES string of the molecule is CCCCC/C=C/[C@@H](Sc1ccccc1)[C@@H]1[C@@H](O[Si](CC)(CC)CC)CC(=O)[C@@H]1C/C=C\CCCC(=O)OC. The second kappa shape index (κ2) is 18.7. The summed E-state index contributed by atoms with van der Waals surface area (Å²) >= 11 is 1.88. The van der Waals surface area contributed by atoms with Gasteiger partial charge in [0.1, 0.15) is 5.78 Å². The molecule has 0 saturated heterocycles. The van der Waals surface area contributed by atoms with Crippen molar-refractivity contribution >= 4 is 31.8 Å². The third-order valence-electron chi connectivity index (χ3n) is 8.28. The number of esters is 1. The Bertz CT molecular complexity index is 888. The minimum absolute atomic E-state index is 0.0248. The molecule has 0 N–H and O–H groups in total. The van der Waals surface area contributed by atoms with Crippen molar-refractivity contribution < 1.29 is 18.8 Å². The number of ketones is 1. The van der Waals surface area contributed by atoms with Crippen LogP contribution in [0.15, 0.2) is 59.5 Å². The fourth-order valence-corrected chi connectivity index (χ4v) is 9.82. The van der Waals surface area contributed by atoms with Gasteiger partial charge in [-0.1, -0.05) is 83.0 Å². The van der Waals surface area contributed by atoms with Crippen molar-refractivity contribution in [3.63, 3.8) is 0 Å². The van der Waals surface area contributed by atoms with E-state index < -0.39 is 8.32 Å². The van der Waals surface area contributed by atoms with Gasteiger partial charge in [-0.15, -0.1) is 11.8 Å². The number of hydrogen-bond donors (Lipinski definition) is 0. The van der Waals surface area contributed by atoms with Crippen LogP contribution in [-0.2, 0) is 18.8 Å². The molecule has 1 aromatic rings. The van der Waals surface area contributed by atoms with Crippen LogP contribution in [0.5, 0.6) is 0 Å². The molecule has 1 aliphatic carbocycles. The Morgan fingerprint density at radius 1 is 1.00 bits per heavy atom. The molecule has 1 fully saturated rings. The third-order valence-corrected chi connectivity index (χ3v) is 14.2. The lowest BCUT2D eigenvalue weighted by Gasteiger charge is -2.37. The molecule has 1 aliphatic rings. The van der Waals surface area contributed by atoms with Crippen LogP contribution in [-0.4, -0.2) is 38.5 Å². The van der Waals surface area contributed by atoms with Gasteiger partial charge < -0.3 is 9.16 Å². The summed E-state index contributed by atoms with van der Waals surface area (Å²) in [4.78, 5) is 26.2. The van der Waals surface area contributed by atoms with E-state index in [4.69, 9.17) is 9.16 Å². The topological polar surface area (TPSA) is 52.6 Å². The number of rotatable bonds is 19. The number of carbonyl (C=O) groups is 2. The summed E-state index contributed by atoms with van der Waals surface area (Å²) in [5, 5.41) is 0.181. The first-order chi connectivity index (χ1) is 18.9. The smallest absolute Gasteiger partial charge is 0.305 e. The molecule has 0 aliphatic heterocycles. The Hall–Kier alpha value is -1.63. The Balaban J connectivity index is 2.32. The van der Waals surface area contributed by atoms with E-state index in [2.05, 4.69) is 82.3 Å². The van der Waals surface area contributed by atoms with Gasteiger partial charge in [0, 0.05) is 34.8 Å². The summed E-state index contributed by atoms with van der Waals surface area (Å²) in [6, 6.07) is 13.9. The van der Waals surface area contributed by atoms with E-state index >= 15 is 0 Å². The van der Waals surface area contributed by atoms with Crippen LogP contribution in [0.2, 0.25) is 18.1 Å². The maximum absolute atomic E-state index is 13.6. The Labute approximate surface area is 243 Å². The number of unbranched alkanes of at least 4 members (excludes halogenated alkanes) is 4. The van der Waals surface area contributed by atoms with Crippen LogP contribution in [0.1, 0.15) is 85.5 Å². The highest BCUT2D eigenvalue weighted by atomic mass is 32.2. The zero-order valence-corrected chi connectivity index (χ0v) is 26.8. The van der Waals surface area contributed by atoms with Crippen LogP contribution in [0.4, 0.5) is 0 Å². The van der Waals surface area contributed by atoms with E-state index in [1.807, 2.05) is 11.8 Å². The summed E-state index contributed by atoms with van der Waals surface area (Å²) in [5.41, 5.74) is 0. The molecule has 0 aromatic heterocycles. The lowest BCUT2D eigenvalue weighted by molar-refractivity contribution is -0.140. The Morgan fingerprint density at radius 2 is 1.69 bits per heavy atom. The highest BCUT2D eigenvalue weighted by Crippen LogP contribution is 2.45. The minimum atomic E-state index is -1.88. The van der Waals surface area contributed by atoms with Gasteiger partial charge in [-0.05, 0) is 62.4 Å². The zero-order chi connectivity index (χ0) is 28.5. The number of carbonyl (C=O) groups excluding carboxylic acids is 2. The third kappa shape index (κ3) is 11.0. The van der Waals surface area contributed by atoms with Crippen LogP contribution in [0, 0.1) is 11.8 Å². The van der Waals surface area contributed by atoms with Crippen LogP contribution >= 0.6 is 11.8 Å². The van der Waals surface area contributed by atoms with Gasteiger partial charge in [0.2, 0.25) is 0 Å². The number of benzene rings is 1. The normalized spacial score (nSPS) is 20.7. The molecule has 1 saturated carbocycles. The average Bonchev–Trinajstić information content (AvgIpc) is 3.27. The van der Waals surface area contributed by atoms with Crippen molar-refractivity contribution in [1.29, 1.82) is 0 Å². The molecule has 2 rings (SSSR count). The standard InChI is InChI=1S/C33H52O4SSi/c1-6-10-11-12-19-24-31(38-27-21-16-15-17-22-27)33-28(23-18-13-14-20-25-32(35)36-5)29(34)26-30(33)37-39(7-2,8-3)9-4/h13,15-19,21-22,24,28,30-31,33H,6-12,14,20,23,25-26H2,1-5H3/b18-13-,24-19+/t28-,30-,31+,33-/m0/s1. The molecular formula is C33H52O4SSi. The second-order valence-corrected chi connectivity index (χ2v) is 16.7. The van der Waals surface area contributed by atoms with E-state index in [0.717, 1.165) is 43.8 Å². The molecular weight excluding hydrogens is 521 g/mol. The zero-order valence-electron chi connectivity index (χ0n) is 25.0. The lowest BCUT2D eigenvalue weighted by Crippen LogP contribution is -2.43. The number of methoxy groups -OCH3 is 1. The molecule has 0 bridgehead atoms. The van der Waals surface area contributed by atoms with Crippen LogP contribution in [0.25, 0.3) is 0 Å². The highest BCUT2D eigenvalue weighted by Gasteiger charge is 2.48. The van der Waals surface area contributed by atoms with E-state index in [1.54, 1.807) is 0 Å². The van der Waals surface area contributed by atoms with Crippen LogP contribution < -0.4 is 0 Å². The molecule has 6 heteroatoms. The molecule has 218 valence electrons. The number of allylic oxidation sites excluding steroid dienone is 3. The second-order valence-electron chi connectivity index (χ2n) is 10.7. The van der Waals surface area contributed by atoms with Crippen molar-refractivity contribution in [2.75, 3.05) is 7.11 Å². The molecule has 0 amide bonds. The quantitative estimate of drug-likeness (QED) is 0.0544. The molecule has 0 spiro atoms. The molecule has 4 atom stereocenters. The Morgan fingerprint density at radius 3 is 2.33 bits per heavy atom. The van der Waals surface area contributed by atoms with Crippen molar-refractivity contribution in [3.8, 4) is 0 Å². The maximum atomic E-state index is 13.6. The average molecular weight is 573 g/mol. The van der Waals surface area contributed by atoms with E-state index in [-0.39, 0.29) is 29.2 Å². The first-order valence-electron chi connectivity index (χ1n) is 15.2. The van der Waals surface area contributed by atoms with Crippen molar-refractivity contribution in [2.24, 2.45) is 11.8 Å². The highest BCUT2D eigenvalue weighted by molar-refractivity contribution is 8.00. The summed E-state index contributed by atoms with van der Waals surface area (Å²) in [5.74, 6) is 0.261. The predicted octanol–water partition coefficient (Wildman–Crippen LogP) is 9.17. The van der Waals surface area contributed by atoms with Gasteiger partial charge in [-0.25, -0.2) is 0 Å². The predicted molar refractivity (Wildman–Crippen MR) is 168 cm³/mol. The number of thioether (sulfide) groups is 1. The number of ether oxygens (including phenoxy) is 1. The molecule has 0 heterocycles. The molecule has 1 aromatic carbocycles. The van der Waals surface area contributed by atoms with Crippen molar-refractivity contribution in [2.45, 2.75) is 120 Å². The van der Waals surface area contributed by atoms with Gasteiger partial charge in [0.05, 0.1) is 13.2 Å². The fourth-order valence-electron chi connectivity index (χ4n) is 5.60. The number of Topliss-reactive ketones (excluding diaryl/α,β-unsaturated/α-hetero) is 1. The monoisotopic (exact) mass is 572 g/mol. The van der Waals surface area contributed by atoms with Crippen molar-refractivity contribution in [1.82, 2.24) is 0 Å². The lowest BCUT2D eigenvalue weighted by atomic mass is 9.87. The summed E-state index contributed by atoms with van der Waals surface area (Å²) in [7, 11) is -0.453. The molecule has 0 unspecified atom stereocenters.